The summed E-state index contributed by atoms with van der Waals surface area (Å²) in [5.41, 5.74) is 0.980. The zero-order valence-electron chi connectivity index (χ0n) is 10.7. The quantitative estimate of drug-likeness (QED) is 0.888. The third-order valence-corrected chi connectivity index (χ3v) is 4.24. The molecule has 0 aromatic carbocycles. The van der Waals surface area contributed by atoms with E-state index in [1.54, 1.807) is 10.7 Å². The van der Waals surface area contributed by atoms with Crippen molar-refractivity contribution in [1.82, 2.24) is 24.9 Å². The second-order valence-corrected chi connectivity index (χ2v) is 5.85. The topological polar surface area (TPSA) is 72.2 Å². The van der Waals surface area contributed by atoms with Gasteiger partial charge in [0, 0.05) is 24.2 Å². The van der Waals surface area contributed by atoms with Crippen LogP contribution in [-0.2, 0) is 0 Å². The lowest BCUT2D eigenvalue weighted by atomic mass is 10.2. The van der Waals surface area contributed by atoms with Gasteiger partial charge in [-0.15, -0.1) is 5.10 Å². The van der Waals surface area contributed by atoms with Crippen LogP contribution in [0.1, 0.15) is 29.0 Å². The highest BCUT2D eigenvalue weighted by Crippen LogP contribution is 2.17. The number of thioether (sulfide) groups is 1. The van der Waals surface area contributed by atoms with Crippen molar-refractivity contribution in [3.8, 4) is 0 Å². The van der Waals surface area contributed by atoms with Gasteiger partial charge < -0.3 is 5.32 Å². The van der Waals surface area contributed by atoms with E-state index in [4.69, 9.17) is 0 Å². The molecule has 6 nitrogen and oxygen atoms in total. The minimum absolute atomic E-state index is 0.189. The van der Waals surface area contributed by atoms with Gasteiger partial charge in [0.25, 0.3) is 11.7 Å². The molecule has 0 radical (unpaired) electrons. The van der Waals surface area contributed by atoms with Crippen molar-refractivity contribution in [3.05, 3.63) is 23.8 Å². The Kier molecular flexibility index (Phi) is 3.37. The molecule has 1 aliphatic heterocycles. The van der Waals surface area contributed by atoms with E-state index in [0.717, 1.165) is 24.2 Å². The summed E-state index contributed by atoms with van der Waals surface area (Å²) in [6.45, 7) is 1.92. The number of carbonyl (C=O) groups is 1. The molecule has 3 rings (SSSR count). The van der Waals surface area contributed by atoms with Crippen LogP contribution in [0.15, 0.2) is 12.4 Å². The van der Waals surface area contributed by atoms with E-state index in [2.05, 4.69) is 20.4 Å². The van der Waals surface area contributed by atoms with Gasteiger partial charge in [0.1, 0.15) is 0 Å². The maximum absolute atomic E-state index is 12.1. The molecule has 1 amide bonds. The normalized spacial score (nSPS) is 19.5. The van der Waals surface area contributed by atoms with Gasteiger partial charge in [-0.2, -0.15) is 16.7 Å². The molecule has 2 aromatic heterocycles. The van der Waals surface area contributed by atoms with E-state index in [-0.39, 0.29) is 17.8 Å². The van der Waals surface area contributed by atoms with Crippen LogP contribution in [0.5, 0.6) is 0 Å². The van der Waals surface area contributed by atoms with Crippen molar-refractivity contribution < 1.29 is 4.79 Å². The summed E-state index contributed by atoms with van der Waals surface area (Å²) in [4.78, 5) is 20.4. The third kappa shape index (κ3) is 2.70. The minimum atomic E-state index is -0.212. The number of aromatic nitrogens is 4. The summed E-state index contributed by atoms with van der Waals surface area (Å²) >= 11 is 1.87. The van der Waals surface area contributed by atoms with Gasteiger partial charge in [-0.1, -0.05) is 0 Å². The lowest BCUT2D eigenvalue weighted by Gasteiger charge is -2.21. The Morgan fingerprint density at radius 3 is 3.26 bits per heavy atom. The molecule has 1 saturated heterocycles. The monoisotopic (exact) mass is 277 g/mol. The molecule has 1 atom stereocenters. The number of hydrogen-bond donors (Lipinski definition) is 1. The van der Waals surface area contributed by atoms with Gasteiger partial charge in [-0.3, -0.25) is 4.79 Å². The molecule has 0 aliphatic carbocycles. The van der Waals surface area contributed by atoms with Gasteiger partial charge in [-0.25, -0.2) is 9.50 Å². The Labute approximate surface area is 115 Å². The fourth-order valence-electron chi connectivity index (χ4n) is 2.08. The first-order chi connectivity index (χ1) is 9.22. The summed E-state index contributed by atoms with van der Waals surface area (Å²) in [5, 5.41) is 7.15. The summed E-state index contributed by atoms with van der Waals surface area (Å²) in [7, 11) is 0. The molecule has 1 fully saturated rings. The number of nitrogens with one attached hydrogen (secondary N) is 1. The molecular formula is C12H15N5OS. The Bertz CT molecular complexity index is 605. The number of carbonyl (C=O) groups excluding carboxylic acids is 1. The van der Waals surface area contributed by atoms with Crippen molar-refractivity contribution in [2.75, 3.05) is 11.5 Å². The lowest BCUT2D eigenvalue weighted by molar-refractivity contribution is 0.0928. The average Bonchev–Trinajstić information content (AvgIpc) is 2.83. The van der Waals surface area contributed by atoms with Crippen LogP contribution in [0.25, 0.3) is 5.78 Å². The van der Waals surface area contributed by atoms with E-state index in [0.29, 0.717) is 5.78 Å². The van der Waals surface area contributed by atoms with Crippen molar-refractivity contribution >= 4 is 23.4 Å². The first kappa shape index (κ1) is 12.4. The summed E-state index contributed by atoms with van der Waals surface area (Å²) in [5.74, 6) is 2.58. The highest BCUT2D eigenvalue weighted by atomic mass is 32.2. The van der Waals surface area contributed by atoms with Crippen LogP contribution in [0.2, 0.25) is 0 Å². The number of amides is 1. The van der Waals surface area contributed by atoms with Crippen LogP contribution < -0.4 is 5.32 Å². The predicted octanol–water partition coefficient (Wildman–Crippen LogP) is 1.06. The lowest BCUT2D eigenvalue weighted by Crippen LogP contribution is -2.38. The van der Waals surface area contributed by atoms with Crippen LogP contribution in [-0.4, -0.2) is 43.0 Å². The molecule has 100 valence electrons. The van der Waals surface area contributed by atoms with Crippen molar-refractivity contribution in [3.63, 3.8) is 0 Å². The predicted molar refractivity (Wildman–Crippen MR) is 73.3 cm³/mol. The highest BCUT2D eigenvalue weighted by molar-refractivity contribution is 7.99. The van der Waals surface area contributed by atoms with E-state index >= 15 is 0 Å². The summed E-state index contributed by atoms with van der Waals surface area (Å²) in [6.07, 6.45) is 5.70. The molecule has 1 unspecified atom stereocenters. The molecule has 7 heteroatoms. The fraction of sp³-hybridized carbons (Fsp3) is 0.500. The molecule has 3 heterocycles. The second kappa shape index (κ2) is 5.16. The van der Waals surface area contributed by atoms with Gasteiger partial charge in [0.2, 0.25) is 5.82 Å². The van der Waals surface area contributed by atoms with Gasteiger partial charge >= 0.3 is 0 Å². The molecule has 0 bridgehead atoms. The molecule has 2 aromatic rings. The van der Waals surface area contributed by atoms with Gasteiger partial charge in [0.05, 0.1) is 0 Å². The molecule has 1 aliphatic rings. The standard InChI is InChI=1S/C12H15N5OS/c1-8-5-13-12-15-10(16-17(12)6-8)11(18)14-9-3-2-4-19-7-9/h5-6,9H,2-4,7H2,1H3,(H,14,18). The second-order valence-electron chi connectivity index (χ2n) is 4.70. The zero-order chi connectivity index (χ0) is 13.2. The van der Waals surface area contributed by atoms with Crippen LogP contribution >= 0.6 is 11.8 Å². The maximum Gasteiger partial charge on any atom is 0.291 e. The highest BCUT2D eigenvalue weighted by Gasteiger charge is 2.20. The number of rotatable bonds is 2. The van der Waals surface area contributed by atoms with E-state index in [9.17, 15) is 4.79 Å². The van der Waals surface area contributed by atoms with E-state index in [1.807, 2.05) is 24.9 Å². The fourth-order valence-corrected chi connectivity index (χ4v) is 3.15. The zero-order valence-corrected chi connectivity index (χ0v) is 11.5. The van der Waals surface area contributed by atoms with E-state index < -0.39 is 0 Å². The minimum Gasteiger partial charge on any atom is -0.346 e. The molecule has 19 heavy (non-hydrogen) atoms. The van der Waals surface area contributed by atoms with Crippen molar-refractivity contribution in [2.45, 2.75) is 25.8 Å². The smallest absolute Gasteiger partial charge is 0.291 e. The number of nitrogens with zero attached hydrogens (tertiary/aromatic N) is 4. The van der Waals surface area contributed by atoms with Crippen LogP contribution in [0, 0.1) is 6.92 Å². The Balaban J connectivity index is 1.77. The average molecular weight is 277 g/mol. The Hall–Kier alpha value is -1.63. The Morgan fingerprint density at radius 1 is 1.58 bits per heavy atom. The number of aryl methyl sites for hydroxylation is 1. The largest absolute Gasteiger partial charge is 0.346 e. The maximum atomic E-state index is 12.1. The molecule has 0 spiro atoms. The number of fused-ring (bicyclic) bond motifs is 1. The third-order valence-electron chi connectivity index (χ3n) is 3.02. The van der Waals surface area contributed by atoms with Crippen molar-refractivity contribution in [2.24, 2.45) is 0 Å². The number of hydrogen-bond acceptors (Lipinski definition) is 5. The van der Waals surface area contributed by atoms with Gasteiger partial charge in [0.15, 0.2) is 0 Å². The Morgan fingerprint density at radius 2 is 2.47 bits per heavy atom. The first-order valence-corrected chi connectivity index (χ1v) is 7.45. The van der Waals surface area contributed by atoms with Gasteiger partial charge in [-0.05, 0) is 31.1 Å². The van der Waals surface area contributed by atoms with Crippen LogP contribution in [0.4, 0.5) is 0 Å². The summed E-state index contributed by atoms with van der Waals surface area (Å²) in [6, 6.07) is 0.229. The first-order valence-electron chi connectivity index (χ1n) is 6.30. The molecule has 1 N–H and O–H groups in total. The van der Waals surface area contributed by atoms with Crippen molar-refractivity contribution in [1.29, 1.82) is 0 Å². The van der Waals surface area contributed by atoms with E-state index in [1.165, 1.54) is 5.75 Å². The molecular weight excluding hydrogens is 262 g/mol. The SMILES string of the molecule is Cc1cnc2nc(C(=O)NC3CCCSC3)nn2c1. The molecule has 0 saturated carbocycles. The summed E-state index contributed by atoms with van der Waals surface area (Å²) < 4.78 is 1.54. The van der Waals surface area contributed by atoms with Crippen LogP contribution in [0.3, 0.4) is 0 Å².